The second-order valence-electron chi connectivity index (χ2n) is 0.986. The first-order chi connectivity index (χ1) is 4.00. The first-order valence-electron chi connectivity index (χ1n) is 1.82. The minimum atomic E-state index is -1.87. The van der Waals surface area contributed by atoms with Crippen molar-refractivity contribution >= 4 is 16.1 Å². The van der Waals surface area contributed by atoms with Crippen LogP contribution in [-0.4, -0.2) is 23.5 Å². The van der Waals surface area contributed by atoms with E-state index in [-0.39, 0.29) is 0 Å². The third-order valence-electron chi connectivity index (χ3n) is 0.115. The van der Waals surface area contributed by atoms with E-state index in [4.69, 9.17) is 14.7 Å². The molecule has 2 N–H and O–H groups in total. The highest BCUT2D eigenvalue weighted by Crippen LogP contribution is 2.10. The van der Waals surface area contributed by atoms with Crippen molar-refractivity contribution in [3.63, 3.8) is 0 Å². The summed E-state index contributed by atoms with van der Waals surface area (Å²) in [4.78, 5) is 7.56. The van der Waals surface area contributed by atoms with Crippen molar-refractivity contribution in [1.29, 1.82) is 0 Å². The van der Waals surface area contributed by atoms with Gasteiger partial charge in [0.2, 0.25) is 0 Å². The third kappa shape index (κ3) is 69.0. The maximum absolute atomic E-state index is 9.49. The summed E-state index contributed by atoms with van der Waals surface area (Å²) < 4.78 is 21.9. The predicted octanol–water partition coefficient (Wildman–Crippen LogP) is 1.20. The Morgan fingerprint density at radius 3 is 1.44 bits per heavy atom. The van der Waals surface area contributed by atoms with Crippen LogP contribution in [0.5, 0.6) is 0 Å². The first kappa shape index (κ1) is 11.8. The van der Waals surface area contributed by atoms with E-state index in [0.717, 1.165) is 0 Å². The Morgan fingerprint density at radius 1 is 1.33 bits per heavy atom. The van der Waals surface area contributed by atoms with Gasteiger partial charge in [-0.25, -0.2) is 5.26 Å². The van der Waals surface area contributed by atoms with Gasteiger partial charge in [-0.15, -0.1) is 0 Å². The standard InChI is InChI=1S/CH3O3P.CH3O2P/c1-5(3)4-2;1-4(2)3/h1H3;1H3/p+2. The summed E-state index contributed by atoms with van der Waals surface area (Å²) in [5.41, 5.74) is 0. The molecule has 0 aromatic rings. The molecule has 2 unspecified atom stereocenters. The van der Waals surface area contributed by atoms with Crippen LogP contribution in [-0.2, 0) is 13.8 Å². The average Bonchev–Trinajstić information content (AvgIpc) is 1.65. The smallest absolute Gasteiger partial charge is 0.204 e. The van der Waals surface area contributed by atoms with E-state index in [9.17, 15) is 4.57 Å². The molecule has 0 bridgehead atoms. The van der Waals surface area contributed by atoms with Gasteiger partial charge >= 0.3 is 16.1 Å². The fourth-order valence-electron chi connectivity index (χ4n) is 0. The summed E-state index contributed by atoms with van der Waals surface area (Å²) in [7, 11) is -3.66. The van der Waals surface area contributed by atoms with Crippen LogP contribution in [0, 0.1) is 0 Å². The van der Waals surface area contributed by atoms with Gasteiger partial charge in [-0.05, 0) is 9.13 Å². The molecule has 2 atom stereocenters. The highest BCUT2D eigenvalue weighted by Gasteiger charge is 1.99. The van der Waals surface area contributed by atoms with Gasteiger partial charge in [-0.3, -0.25) is 0 Å². The lowest BCUT2D eigenvalue weighted by Gasteiger charge is -1.56. The monoisotopic (exact) mass is 174 g/mol. The van der Waals surface area contributed by atoms with Crippen LogP contribution in [0.1, 0.15) is 0 Å². The molecule has 0 rings (SSSR count). The molecular formula is C2H8O5P2+2. The van der Waals surface area contributed by atoms with Crippen molar-refractivity contribution in [3.8, 4) is 0 Å². The lowest BCUT2D eigenvalue weighted by Crippen LogP contribution is -1.58. The molecule has 0 amide bonds. The minimum Gasteiger partial charge on any atom is -0.204 e. The van der Waals surface area contributed by atoms with Crippen LogP contribution in [0.2, 0.25) is 0 Å². The second kappa shape index (κ2) is 8.08. The van der Waals surface area contributed by atoms with E-state index >= 15 is 0 Å². The Balaban J connectivity index is 0. The van der Waals surface area contributed by atoms with Gasteiger partial charge in [0.15, 0.2) is 13.3 Å². The van der Waals surface area contributed by atoms with E-state index in [0.29, 0.717) is 0 Å². The third-order valence-corrected chi connectivity index (χ3v) is 0.345. The van der Waals surface area contributed by atoms with Crippen molar-refractivity contribution in [1.82, 2.24) is 0 Å². The zero-order valence-electron chi connectivity index (χ0n) is 5.01. The first-order valence-corrected chi connectivity index (χ1v) is 5.11. The quantitative estimate of drug-likeness (QED) is 0.354. The van der Waals surface area contributed by atoms with Gasteiger partial charge in [0, 0.05) is 4.67 Å². The summed E-state index contributed by atoms with van der Waals surface area (Å²) in [6.45, 7) is 2.49. The zero-order valence-corrected chi connectivity index (χ0v) is 6.80. The molecule has 0 saturated heterocycles. The van der Waals surface area contributed by atoms with Crippen LogP contribution in [0.25, 0.3) is 0 Å². The van der Waals surface area contributed by atoms with Crippen molar-refractivity contribution in [2.24, 2.45) is 0 Å². The SMILES string of the molecule is C[P+](=O)O.C[P+](=O)OO. The van der Waals surface area contributed by atoms with Gasteiger partial charge < -0.3 is 0 Å². The molecule has 0 aliphatic heterocycles. The molecule has 0 spiro atoms. The van der Waals surface area contributed by atoms with Crippen LogP contribution >= 0.6 is 16.1 Å². The molecule has 0 saturated carbocycles. The van der Waals surface area contributed by atoms with Crippen LogP contribution < -0.4 is 0 Å². The van der Waals surface area contributed by atoms with Crippen LogP contribution in [0.15, 0.2) is 0 Å². The fourth-order valence-corrected chi connectivity index (χ4v) is 0. The summed E-state index contributed by atoms with van der Waals surface area (Å²) in [6, 6.07) is 0. The van der Waals surface area contributed by atoms with E-state index in [1.54, 1.807) is 0 Å². The number of hydrogen-bond donors (Lipinski definition) is 2. The number of rotatable bonds is 1. The average molecular weight is 174 g/mol. The van der Waals surface area contributed by atoms with E-state index in [1.165, 1.54) is 13.3 Å². The highest BCUT2D eigenvalue weighted by atomic mass is 31.1. The molecule has 7 heteroatoms. The highest BCUT2D eigenvalue weighted by molar-refractivity contribution is 7.37. The van der Waals surface area contributed by atoms with E-state index in [2.05, 4.69) is 4.67 Å². The summed E-state index contributed by atoms with van der Waals surface area (Å²) in [5.74, 6) is 0. The Morgan fingerprint density at radius 2 is 1.44 bits per heavy atom. The number of hydrogen-bond acceptors (Lipinski definition) is 4. The van der Waals surface area contributed by atoms with Crippen LogP contribution in [0.4, 0.5) is 0 Å². The lowest BCUT2D eigenvalue weighted by molar-refractivity contribution is -0.129. The minimum absolute atomic E-state index is 1.23. The zero-order chi connectivity index (χ0) is 7.86. The van der Waals surface area contributed by atoms with E-state index in [1.807, 2.05) is 0 Å². The Labute approximate surface area is 54.3 Å². The molecule has 0 heterocycles. The molecule has 0 aromatic heterocycles. The molecule has 0 radical (unpaired) electrons. The molecule has 0 aromatic carbocycles. The molecule has 0 fully saturated rings. The van der Waals surface area contributed by atoms with Gasteiger partial charge in [0.05, 0.1) is 0 Å². The maximum Gasteiger partial charge on any atom is 0.536 e. The Bertz CT molecular complexity index is 97.1. The maximum atomic E-state index is 9.49. The van der Waals surface area contributed by atoms with Gasteiger partial charge in [0.25, 0.3) is 0 Å². The molecule has 54 valence electrons. The summed E-state index contributed by atoms with van der Waals surface area (Å²) in [6.07, 6.45) is 0. The lowest BCUT2D eigenvalue weighted by atomic mass is 12.0. The molecule has 9 heavy (non-hydrogen) atoms. The normalized spacial score (nSPS) is 11.1. The van der Waals surface area contributed by atoms with Gasteiger partial charge in [-0.2, -0.15) is 4.89 Å². The molecular weight excluding hydrogens is 166 g/mol. The summed E-state index contributed by atoms with van der Waals surface area (Å²) in [5, 5.41) is 7.36. The Kier molecular flexibility index (Phi) is 10.6. The van der Waals surface area contributed by atoms with Crippen molar-refractivity contribution in [3.05, 3.63) is 0 Å². The fraction of sp³-hybridized carbons (Fsp3) is 1.00. The van der Waals surface area contributed by atoms with Crippen LogP contribution in [0.3, 0.4) is 0 Å². The Hall–Kier alpha value is 0.0800. The predicted molar refractivity (Wildman–Crippen MR) is 33.0 cm³/mol. The van der Waals surface area contributed by atoms with Crippen molar-refractivity contribution in [2.45, 2.75) is 0 Å². The van der Waals surface area contributed by atoms with Crippen molar-refractivity contribution in [2.75, 3.05) is 13.3 Å². The van der Waals surface area contributed by atoms with E-state index < -0.39 is 16.1 Å². The summed E-state index contributed by atoms with van der Waals surface area (Å²) >= 11 is 0. The van der Waals surface area contributed by atoms with Gasteiger partial charge in [0.1, 0.15) is 0 Å². The topological polar surface area (TPSA) is 83.8 Å². The largest absolute Gasteiger partial charge is 0.536 e. The molecule has 0 aliphatic rings. The van der Waals surface area contributed by atoms with Crippen molar-refractivity contribution < 1.29 is 24.0 Å². The van der Waals surface area contributed by atoms with Gasteiger partial charge in [-0.1, -0.05) is 0 Å². The second-order valence-corrected chi connectivity index (χ2v) is 2.96. The molecule has 0 aliphatic carbocycles. The molecule has 5 nitrogen and oxygen atoms in total.